The molecule has 0 spiro atoms. The maximum Gasteiger partial charge on any atom is 0.253 e. The first-order valence-electron chi connectivity index (χ1n) is 6.12. The summed E-state index contributed by atoms with van der Waals surface area (Å²) in [7, 11) is 0. The molecule has 106 valence electrons. The molecular weight excluding hydrogens is 280 g/mol. The number of hydrogen-bond acceptors (Lipinski definition) is 5. The van der Waals surface area contributed by atoms with Gasteiger partial charge in [0.1, 0.15) is 6.33 Å². The van der Waals surface area contributed by atoms with E-state index < -0.39 is 0 Å². The van der Waals surface area contributed by atoms with E-state index in [-0.39, 0.29) is 24.4 Å². The van der Waals surface area contributed by atoms with Gasteiger partial charge in [-0.05, 0) is 41.1 Å². The summed E-state index contributed by atoms with van der Waals surface area (Å²) in [6.45, 7) is 1.36. The maximum absolute atomic E-state index is 12.2. The third kappa shape index (κ3) is 2.78. The van der Waals surface area contributed by atoms with Gasteiger partial charge in [0, 0.05) is 24.7 Å². The molecule has 0 radical (unpaired) electrons. The zero-order valence-corrected chi connectivity index (χ0v) is 11.5. The summed E-state index contributed by atoms with van der Waals surface area (Å²) in [4.78, 5) is 14.0. The zero-order chi connectivity index (χ0) is 13.2. The largest absolute Gasteiger partial charge is 0.337 e. The highest BCUT2D eigenvalue weighted by molar-refractivity contribution is 5.94. The fourth-order valence-corrected chi connectivity index (χ4v) is 2.19. The fraction of sp³-hybridized carbons (Fsp3) is 0.333. The normalized spacial score (nSPS) is 17.9. The van der Waals surface area contributed by atoms with Crippen molar-refractivity contribution in [1.82, 2.24) is 25.1 Å². The van der Waals surface area contributed by atoms with Crippen LogP contribution >= 0.6 is 12.4 Å². The van der Waals surface area contributed by atoms with Crippen LogP contribution < -0.4 is 5.73 Å². The Morgan fingerprint density at radius 1 is 1.30 bits per heavy atom. The smallest absolute Gasteiger partial charge is 0.253 e. The molecule has 1 saturated heterocycles. The van der Waals surface area contributed by atoms with Crippen LogP contribution in [0.4, 0.5) is 0 Å². The lowest BCUT2D eigenvalue weighted by Crippen LogP contribution is -2.31. The number of carbonyl (C=O) groups excluding carboxylic acids is 1. The number of halogens is 1. The van der Waals surface area contributed by atoms with Crippen molar-refractivity contribution in [2.75, 3.05) is 13.1 Å². The van der Waals surface area contributed by atoms with E-state index in [9.17, 15) is 4.79 Å². The van der Waals surface area contributed by atoms with Crippen LogP contribution in [-0.4, -0.2) is 50.1 Å². The lowest BCUT2D eigenvalue weighted by atomic mass is 10.2. The molecule has 2 heterocycles. The summed E-state index contributed by atoms with van der Waals surface area (Å²) in [6, 6.07) is 7.30. The monoisotopic (exact) mass is 294 g/mol. The highest BCUT2D eigenvalue weighted by Gasteiger charge is 2.24. The molecule has 2 N–H and O–H groups in total. The maximum atomic E-state index is 12.2. The first kappa shape index (κ1) is 14.4. The van der Waals surface area contributed by atoms with Crippen molar-refractivity contribution >= 4 is 18.3 Å². The lowest BCUT2D eigenvalue weighted by molar-refractivity contribution is 0.0791. The molecule has 1 aromatic heterocycles. The third-order valence-electron chi connectivity index (χ3n) is 3.24. The summed E-state index contributed by atoms with van der Waals surface area (Å²) < 4.78 is 1.54. The number of nitrogens with two attached hydrogens (primary N) is 1. The number of tetrazole rings is 1. The van der Waals surface area contributed by atoms with Gasteiger partial charge in [0.05, 0.1) is 5.69 Å². The summed E-state index contributed by atoms with van der Waals surface area (Å²) in [5.41, 5.74) is 7.29. The Morgan fingerprint density at radius 3 is 2.60 bits per heavy atom. The molecule has 0 bridgehead atoms. The number of likely N-dealkylation sites (tertiary alicyclic amines) is 1. The molecule has 0 aliphatic carbocycles. The van der Waals surface area contributed by atoms with E-state index in [1.807, 2.05) is 12.1 Å². The van der Waals surface area contributed by atoms with E-state index >= 15 is 0 Å². The van der Waals surface area contributed by atoms with Crippen LogP contribution in [0.3, 0.4) is 0 Å². The first-order valence-corrected chi connectivity index (χ1v) is 6.12. The van der Waals surface area contributed by atoms with Crippen LogP contribution in [0.2, 0.25) is 0 Å². The van der Waals surface area contributed by atoms with Gasteiger partial charge in [-0.3, -0.25) is 4.79 Å². The van der Waals surface area contributed by atoms with Crippen molar-refractivity contribution in [3.05, 3.63) is 36.2 Å². The van der Waals surface area contributed by atoms with Crippen LogP contribution in [0.25, 0.3) is 5.69 Å². The van der Waals surface area contributed by atoms with Gasteiger partial charge in [0.25, 0.3) is 5.91 Å². The molecule has 1 unspecified atom stereocenters. The van der Waals surface area contributed by atoms with Gasteiger partial charge in [-0.2, -0.15) is 0 Å². The van der Waals surface area contributed by atoms with Crippen LogP contribution in [0, 0.1) is 0 Å². The third-order valence-corrected chi connectivity index (χ3v) is 3.24. The molecular formula is C12H15ClN6O. The molecule has 20 heavy (non-hydrogen) atoms. The van der Waals surface area contributed by atoms with Crippen molar-refractivity contribution in [2.45, 2.75) is 12.5 Å². The van der Waals surface area contributed by atoms with Gasteiger partial charge in [0.15, 0.2) is 0 Å². The molecule has 1 aliphatic heterocycles. The average molecular weight is 295 g/mol. The Morgan fingerprint density at radius 2 is 2.05 bits per heavy atom. The van der Waals surface area contributed by atoms with Crippen LogP contribution in [0.15, 0.2) is 30.6 Å². The standard InChI is InChI=1S/C12H14N6O.ClH/c13-10-5-6-17(7-10)12(19)9-1-3-11(4-2-9)18-8-14-15-16-18;/h1-4,8,10H,5-7,13H2;1H. The van der Waals surface area contributed by atoms with Crippen molar-refractivity contribution in [1.29, 1.82) is 0 Å². The molecule has 1 aliphatic rings. The predicted molar refractivity (Wildman–Crippen MR) is 74.9 cm³/mol. The van der Waals surface area contributed by atoms with Crippen LogP contribution in [-0.2, 0) is 0 Å². The molecule has 8 heteroatoms. The number of hydrogen-bond donors (Lipinski definition) is 1. The fourth-order valence-electron chi connectivity index (χ4n) is 2.19. The summed E-state index contributed by atoms with van der Waals surface area (Å²) >= 11 is 0. The van der Waals surface area contributed by atoms with Crippen molar-refractivity contribution in [2.24, 2.45) is 5.73 Å². The van der Waals surface area contributed by atoms with Gasteiger partial charge in [-0.1, -0.05) is 0 Å². The number of nitrogens with zero attached hydrogens (tertiary/aromatic N) is 5. The molecule has 1 fully saturated rings. The minimum absolute atomic E-state index is 0. The van der Waals surface area contributed by atoms with E-state index in [0.717, 1.165) is 18.7 Å². The van der Waals surface area contributed by atoms with Crippen molar-refractivity contribution in [3.63, 3.8) is 0 Å². The number of carbonyl (C=O) groups is 1. The van der Waals surface area contributed by atoms with Gasteiger partial charge in [-0.25, -0.2) is 4.68 Å². The molecule has 0 saturated carbocycles. The summed E-state index contributed by atoms with van der Waals surface area (Å²) in [5.74, 6) is 0.0243. The second-order valence-corrected chi connectivity index (χ2v) is 4.60. The van der Waals surface area contributed by atoms with Gasteiger partial charge >= 0.3 is 0 Å². The SMILES string of the molecule is Cl.NC1CCN(C(=O)c2ccc(-n3cnnn3)cc2)C1. The molecule has 7 nitrogen and oxygen atoms in total. The van der Waals surface area contributed by atoms with Gasteiger partial charge in [-0.15, -0.1) is 17.5 Å². The minimum atomic E-state index is 0. The molecule has 3 rings (SSSR count). The second kappa shape index (κ2) is 5.98. The summed E-state index contributed by atoms with van der Waals surface area (Å²) in [6.07, 6.45) is 2.38. The predicted octanol–water partition coefficient (Wildman–Crippen LogP) is 0.257. The highest BCUT2D eigenvalue weighted by atomic mass is 35.5. The van der Waals surface area contributed by atoms with Gasteiger partial charge in [0.2, 0.25) is 0 Å². The topological polar surface area (TPSA) is 89.9 Å². The Kier molecular flexibility index (Phi) is 4.31. The first-order chi connectivity index (χ1) is 9.24. The summed E-state index contributed by atoms with van der Waals surface area (Å²) in [5, 5.41) is 10.9. The average Bonchev–Trinajstić information content (AvgIpc) is 3.09. The van der Waals surface area contributed by atoms with Crippen molar-refractivity contribution in [3.8, 4) is 5.69 Å². The minimum Gasteiger partial charge on any atom is -0.337 e. The molecule has 2 aromatic rings. The Balaban J connectivity index is 0.00000147. The lowest BCUT2D eigenvalue weighted by Gasteiger charge is -2.15. The van der Waals surface area contributed by atoms with Crippen molar-refractivity contribution < 1.29 is 4.79 Å². The van der Waals surface area contributed by atoms with E-state index in [1.54, 1.807) is 21.7 Å². The highest BCUT2D eigenvalue weighted by Crippen LogP contribution is 2.14. The Hall–Kier alpha value is -1.99. The number of benzene rings is 1. The number of aromatic nitrogens is 4. The van der Waals surface area contributed by atoms with E-state index in [1.165, 1.54) is 6.33 Å². The van der Waals surface area contributed by atoms with Crippen LogP contribution in [0.1, 0.15) is 16.8 Å². The van der Waals surface area contributed by atoms with Crippen LogP contribution in [0.5, 0.6) is 0 Å². The van der Waals surface area contributed by atoms with E-state index in [2.05, 4.69) is 15.5 Å². The number of amides is 1. The molecule has 1 aromatic carbocycles. The quantitative estimate of drug-likeness (QED) is 0.858. The molecule has 1 amide bonds. The number of rotatable bonds is 2. The van der Waals surface area contributed by atoms with E-state index in [4.69, 9.17) is 5.73 Å². The Labute approximate surface area is 122 Å². The molecule has 1 atom stereocenters. The Bertz CT molecular complexity index is 570. The second-order valence-electron chi connectivity index (χ2n) is 4.60. The van der Waals surface area contributed by atoms with E-state index in [0.29, 0.717) is 12.1 Å². The zero-order valence-electron chi connectivity index (χ0n) is 10.7. The van der Waals surface area contributed by atoms with Gasteiger partial charge < -0.3 is 10.6 Å².